The third kappa shape index (κ3) is 8.04. The highest BCUT2D eigenvalue weighted by atomic mass is 35.5. The molecule has 4 aromatic rings. The van der Waals surface area contributed by atoms with E-state index in [-0.39, 0.29) is 37.0 Å². The van der Waals surface area contributed by atoms with Gasteiger partial charge in [0.05, 0.1) is 13.2 Å². The Bertz CT molecular complexity index is 1860. The summed E-state index contributed by atoms with van der Waals surface area (Å²) in [6.07, 6.45) is -0.613. The van der Waals surface area contributed by atoms with Crippen molar-refractivity contribution in [1.29, 1.82) is 0 Å². The summed E-state index contributed by atoms with van der Waals surface area (Å²) in [5, 5.41) is 13.4. The average molecular weight is 696 g/mol. The van der Waals surface area contributed by atoms with E-state index in [4.69, 9.17) is 48.3 Å². The first-order valence-electron chi connectivity index (χ1n) is 14.8. The molecule has 1 aliphatic rings. The number of carbonyl (C=O) groups excluding carboxylic acids is 1. The number of aliphatic imine (C=N–C) groups is 1. The summed E-state index contributed by atoms with van der Waals surface area (Å²) >= 11 is 12.9. The zero-order valence-electron chi connectivity index (χ0n) is 25.4. The molecule has 0 radical (unpaired) electrons. The number of hydrogen-bond donors (Lipinski definition) is 3. The molecule has 0 fully saturated rings. The Morgan fingerprint density at radius 1 is 1.04 bits per heavy atom. The van der Waals surface area contributed by atoms with Gasteiger partial charge < -0.3 is 14.6 Å². The molecule has 48 heavy (non-hydrogen) atoms. The van der Waals surface area contributed by atoms with Crippen molar-refractivity contribution in [2.75, 3.05) is 13.2 Å². The first kappa shape index (κ1) is 34.6. The van der Waals surface area contributed by atoms with Gasteiger partial charge in [-0.15, -0.1) is 0 Å². The van der Waals surface area contributed by atoms with Crippen molar-refractivity contribution in [1.82, 2.24) is 10.9 Å². The van der Waals surface area contributed by atoms with Crippen LogP contribution in [0.5, 0.6) is 5.75 Å². The number of nitrogens with one attached hydrogen (secondary N) is 2. The second-order valence-corrected chi connectivity index (χ2v) is 11.7. The van der Waals surface area contributed by atoms with Crippen LogP contribution in [-0.2, 0) is 29.0 Å². The van der Waals surface area contributed by atoms with Gasteiger partial charge >= 0.3 is 0 Å². The quantitative estimate of drug-likeness (QED) is 0.0422. The fourth-order valence-corrected chi connectivity index (χ4v) is 5.75. The van der Waals surface area contributed by atoms with Gasteiger partial charge in [-0.05, 0) is 70.8 Å². The van der Waals surface area contributed by atoms with Crippen LogP contribution in [0.4, 0.5) is 8.78 Å². The van der Waals surface area contributed by atoms with E-state index in [0.29, 0.717) is 51.6 Å². The van der Waals surface area contributed by atoms with Crippen molar-refractivity contribution in [3.8, 4) is 5.75 Å². The summed E-state index contributed by atoms with van der Waals surface area (Å²) in [5.74, 6) is -1.90. The molecule has 0 saturated heterocycles. The molecule has 2 atom stereocenters. The molecule has 0 unspecified atom stereocenters. The molecule has 10 nitrogen and oxygen atoms in total. The number of rotatable bonds is 14. The number of ether oxygens (including phenoxy) is 2. The summed E-state index contributed by atoms with van der Waals surface area (Å²) in [7, 11) is 0. The van der Waals surface area contributed by atoms with Crippen LogP contribution in [0, 0.1) is 11.6 Å². The van der Waals surface area contributed by atoms with Crippen molar-refractivity contribution < 1.29 is 28.2 Å². The predicted molar refractivity (Wildman–Crippen MR) is 178 cm³/mol. The number of halogens is 4. The summed E-state index contributed by atoms with van der Waals surface area (Å²) in [6, 6.07) is 22.3. The zero-order chi connectivity index (χ0) is 34.1. The molecular formula is C34H30Cl2F2N6O4. The van der Waals surface area contributed by atoms with E-state index in [1.165, 1.54) is 12.1 Å². The highest BCUT2D eigenvalue weighted by Gasteiger charge is 2.54. The SMILES string of the molecule is [N-]=[N+]=NCc1ccccc1C[C@]1(C(=O)NNCc2ccc(F)c(F)c2)N=C(c2ccc(OCCCO)cc2)O[C@H]1c1ccc(Cl)cc1Cl. The monoisotopic (exact) mass is 694 g/mol. The first-order chi connectivity index (χ1) is 23.2. The van der Waals surface area contributed by atoms with Crippen LogP contribution in [-0.4, -0.2) is 35.7 Å². The second kappa shape index (κ2) is 15.9. The second-order valence-electron chi connectivity index (χ2n) is 10.8. The lowest BCUT2D eigenvalue weighted by atomic mass is 9.81. The molecule has 14 heteroatoms. The lowest BCUT2D eigenvalue weighted by Gasteiger charge is -2.32. The van der Waals surface area contributed by atoms with Gasteiger partial charge in [-0.25, -0.2) is 19.2 Å². The van der Waals surface area contributed by atoms with E-state index >= 15 is 0 Å². The molecule has 3 N–H and O–H groups in total. The number of amides is 1. The Labute approximate surface area is 284 Å². The third-order valence-corrected chi connectivity index (χ3v) is 8.20. The van der Waals surface area contributed by atoms with Gasteiger partial charge in [0.25, 0.3) is 5.91 Å². The van der Waals surface area contributed by atoms with Crippen LogP contribution in [0.3, 0.4) is 0 Å². The molecule has 248 valence electrons. The Morgan fingerprint density at radius 3 is 2.52 bits per heavy atom. The van der Waals surface area contributed by atoms with Gasteiger partial charge in [-0.2, -0.15) is 0 Å². The molecule has 1 heterocycles. The molecule has 1 amide bonds. The van der Waals surface area contributed by atoms with Crippen LogP contribution in [0.15, 0.2) is 95.0 Å². The van der Waals surface area contributed by atoms with E-state index in [0.717, 1.165) is 12.1 Å². The number of hydrogen-bond acceptors (Lipinski definition) is 7. The zero-order valence-corrected chi connectivity index (χ0v) is 26.9. The number of benzene rings is 4. The number of aliphatic hydroxyl groups excluding tert-OH is 1. The number of nitrogens with zero attached hydrogens (tertiary/aromatic N) is 4. The first-order valence-corrected chi connectivity index (χ1v) is 15.6. The van der Waals surface area contributed by atoms with Gasteiger partial charge in [0.15, 0.2) is 23.3 Å². The number of hydrazine groups is 1. The standard InChI is InChI=1S/C34H30Cl2F2N6O4/c35-25-9-12-27(28(36)17-25)31-34(18-23-4-1-2-5-24(23)20-41-44-39,33(46)43-40-19-21-6-13-29(37)30(38)16-21)42-32(48-31)22-7-10-26(11-8-22)47-15-3-14-45/h1-2,4-13,16-17,31,40,45H,3,14-15,18-20H2,(H,43,46)/t31-,34-/m0/s1. The average Bonchev–Trinajstić information content (AvgIpc) is 3.46. The van der Waals surface area contributed by atoms with Gasteiger partial charge in [0, 0.05) is 52.1 Å². The van der Waals surface area contributed by atoms with Gasteiger partial charge in [0.1, 0.15) is 5.75 Å². The van der Waals surface area contributed by atoms with E-state index in [9.17, 15) is 13.6 Å². The topological polar surface area (TPSA) is 141 Å². The predicted octanol–water partition coefficient (Wildman–Crippen LogP) is 7.16. The minimum atomic E-state index is -1.70. The molecule has 1 aliphatic heterocycles. The maximum Gasteiger partial charge on any atom is 0.266 e. The Morgan fingerprint density at radius 2 is 1.81 bits per heavy atom. The van der Waals surface area contributed by atoms with Crippen molar-refractivity contribution in [2.24, 2.45) is 10.1 Å². The normalized spacial score (nSPS) is 16.9. The Kier molecular flexibility index (Phi) is 11.5. The molecule has 0 bridgehead atoms. The molecule has 0 spiro atoms. The molecule has 0 saturated carbocycles. The molecule has 0 aromatic heterocycles. The third-order valence-electron chi connectivity index (χ3n) is 7.64. The van der Waals surface area contributed by atoms with Gasteiger partial charge in [0.2, 0.25) is 5.90 Å². The highest BCUT2D eigenvalue weighted by Crippen LogP contribution is 2.45. The van der Waals surface area contributed by atoms with Crippen LogP contribution in [0.1, 0.15) is 40.3 Å². The van der Waals surface area contributed by atoms with E-state index in [1.54, 1.807) is 60.7 Å². The summed E-state index contributed by atoms with van der Waals surface area (Å²) in [5.41, 5.74) is 15.5. The summed E-state index contributed by atoms with van der Waals surface area (Å²) in [6.45, 7) is 0.331. The molecule has 0 aliphatic carbocycles. The van der Waals surface area contributed by atoms with E-state index < -0.39 is 29.2 Å². The maximum atomic E-state index is 14.5. The lowest BCUT2D eigenvalue weighted by Crippen LogP contribution is -2.53. The van der Waals surface area contributed by atoms with Crippen LogP contribution < -0.4 is 15.6 Å². The Hall–Kier alpha value is -4.71. The van der Waals surface area contributed by atoms with Gasteiger partial charge in [-0.3, -0.25) is 10.2 Å². The van der Waals surface area contributed by atoms with Crippen molar-refractivity contribution in [3.63, 3.8) is 0 Å². The fraction of sp³-hybridized carbons (Fsp3) is 0.235. The maximum absolute atomic E-state index is 14.5. The molecular weight excluding hydrogens is 665 g/mol. The van der Waals surface area contributed by atoms with Gasteiger partial charge in [-0.1, -0.05) is 64.7 Å². The minimum Gasteiger partial charge on any atom is -0.494 e. The van der Waals surface area contributed by atoms with Crippen molar-refractivity contribution in [2.45, 2.75) is 37.6 Å². The number of aliphatic hydroxyl groups is 1. The Balaban J connectivity index is 1.58. The fourth-order valence-electron chi connectivity index (χ4n) is 5.24. The van der Waals surface area contributed by atoms with E-state index in [2.05, 4.69) is 20.9 Å². The van der Waals surface area contributed by atoms with Crippen LogP contribution >= 0.6 is 23.2 Å². The summed E-state index contributed by atoms with van der Waals surface area (Å²) in [4.78, 5) is 22.3. The highest BCUT2D eigenvalue weighted by molar-refractivity contribution is 6.35. The minimum absolute atomic E-state index is 0.00313. The van der Waals surface area contributed by atoms with Crippen LogP contribution in [0.25, 0.3) is 10.4 Å². The molecule has 4 aromatic carbocycles. The van der Waals surface area contributed by atoms with Crippen LogP contribution in [0.2, 0.25) is 10.0 Å². The number of carbonyl (C=O) groups is 1. The molecule has 5 rings (SSSR count). The number of azide groups is 1. The van der Waals surface area contributed by atoms with Crippen molar-refractivity contribution in [3.05, 3.63) is 145 Å². The lowest BCUT2D eigenvalue weighted by molar-refractivity contribution is -0.130. The largest absolute Gasteiger partial charge is 0.494 e. The van der Waals surface area contributed by atoms with E-state index in [1.807, 2.05) is 0 Å². The summed E-state index contributed by atoms with van der Waals surface area (Å²) < 4.78 is 39.5. The van der Waals surface area contributed by atoms with Crippen molar-refractivity contribution >= 4 is 35.0 Å². The smallest absolute Gasteiger partial charge is 0.266 e.